The summed E-state index contributed by atoms with van der Waals surface area (Å²) in [6, 6.07) is 10.9. The lowest BCUT2D eigenvalue weighted by atomic mass is 9.99. The first kappa shape index (κ1) is 17.5. The van der Waals surface area contributed by atoms with Crippen molar-refractivity contribution >= 4 is 23.1 Å². The molecule has 2 heterocycles. The SMILES string of the molecule is Cc1cc(Nc2ccc(N3CCC(C)CC3)cc2)nc(NC(C)C)n1. The molecule has 1 aliphatic heterocycles. The first-order chi connectivity index (χ1) is 12.0. The topological polar surface area (TPSA) is 53.1 Å². The van der Waals surface area contributed by atoms with Crippen LogP contribution in [0.4, 0.5) is 23.1 Å². The molecule has 0 radical (unpaired) electrons. The van der Waals surface area contributed by atoms with Gasteiger partial charge in [0.1, 0.15) is 5.82 Å². The van der Waals surface area contributed by atoms with Crippen molar-refractivity contribution in [2.45, 2.75) is 46.6 Å². The third-order valence-electron chi connectivity index (χ3n) is 4.56. The van der Waals surface area contributed by atoms with Gasteiger partial charge < -0.3 is 15.5 Å². The molecule has 0 atom stereocenters. The van der Waals surface area contributed by atoms with Crippen LogP contribution >= 0.6 is 0 Å². The Labute approximate surface area is 150 Å². The molecule has 0 aliphatic carbocycles. The molecule has 134 valence electrons. The molecule has 0 saturated carbocycles. The van der Waals surface area contributed by atoms with Crippen LogP contribution in [-0.2, 0) is 0 Å². The molecule has 2 N–H and O–H groups in total. The van der Waals surface area contributed by atoms with Crippen LogP contribution < -0.4 is 15.5 Å². The fourth-order valence-corrected chi connectivity index (χ4v) is 3.13. The van der Waals surface area contributed by atoms with Gasteiger partial charge in [0.25, 0.3) is 0 Å². The van der Waals surface area contributed by atoms with E-state index in [0.29, 0.717) is 12.0 Å². The Morgan fingerprint density at radius 1 is 1.08 bits per heavy atom. The highest BCUT2D eigenvalue weighted by Crippen LogP contribution is 2.25. The molecule has 0 amide bonds. The third-order valence-corrected chi connectivity index (χ3v) is 4.56. The predicted molar refractivity (Wildman–Crippen MR) is 106 cm³/mol. The van der Waals surface area contributed by atoms with E-state index in [1.54, 1.807) is 0 Å². The summed E-state index contributed by atoms with van der Waals surface area (Å²) in [5, 5.41) is 6.64. The van der Waals surface area contributed by atoms with Crippen LogP contribution in [0.5, 0.6) is 0 Å². The van der Waals surface area contributed by atoms with Gasteiger partial charge in [-0.2, -0.15) is 4.98 Å². The van der Waals surface area contributed by atoms with Crippen LogP contribution in [0.25, 0.3) is 0 Å². The first-order valence-electron chi connectivity index (χ1n) is 9.24. The van der Waals surface area contributed by atoms with Gasteiger partial charge in [-0.3, -0.25) is 0 Å². The molecule has 0 spiro atoms. The molecule has 2 aromatic rings. The van der Waals surface area contributed by atoms with Gasteiger partial charge in [-0.1, -0.05) is 6.92 Å². The molecule has 25 heavy (non-hydrogen) atoms. The number of nitrogens with zero attached hydrogens (tertiary/aromatic N) is 3. The monoisotopic (exact) mass is 339 g/mol. The number of rotatable bonds is 5. The fraction of sp³-hybridized carbons (Fsp3) is 0.500. The highest BCUT2D eigenvalue weighted by atomic mass is 15.2. The summed E-state index contributed by atoms with van der Waals surface area (Å²) in [5.74, 6) is 2.33. The smallest absolute Gasteiger partial charge is 0.225 e. The zero-order valence-corrected chi connectivity index (χ0v) is 15.7. The summed E-state index contributed by atoms with van der Waals surface area (Å²) >= 11 is 0. The minimum atomic E-state index is 0.307. The van der Waals surface area contributed by atoms with E-state index in [-0.39, 0.29) is 0 Å². The number of hydrogen-bond acceptors (Lipinski definition) is 5. The quantitative estimate of drug-likeness (QED) is 0.835. The Kier molecular flexibility index (Phi) is 5.41. The highest BCUT2D eigenvalue weighted by molar-refractivity contribution is 5.61. The number of aryl methyl sites for hydroxylation is 1. The zero-order chi connectivity index (χ0) is 17.8. The second kappa shape index (κ2) is 7.72. The molecular formula is C20H29N5. The van der Waals surface area contributed by atoms with Gasteiger partial charge in [-0.05, 0) is 63.8 Å². The minimum Gasteiger partial charge on any atom is -0.372 e. The minimum absolute atomic E-state index is 0.307. The molecule has 3 rings (SSSR count). The van der Waals surface area contributed by atoms with Gasteiger partial charge in [0, 0.05) is 42.3 Å². The van der Waals surface area contributed by atoms with Crippen molar-refractivity contribution in [1.29, 1.82) is 0 Å². The Balaban J connectivity index is 1.68. The van der Waals surface area contributed by atoms with Gasteiger partial charge in [-0.25, -0.2) is 4.98 Å². The van der Waals surface area contributed by atoms with Gasteiger partial charge >= 0.3 is 0 Å². The van der Waals surface area contributed by atoms with Crippen LogP contribution in [0.1, 0.15) is 39.3 Å². The fourth-order valence-electron chi connectivity index (χ4n) is 3.13. The van der Waals surface area contributed by atoms with Crippen LogP contribution in [0.2, 0.25) is 0 Å². The summed E-state index contributed by atoms with van der Waals surface area (Å²) < 4.78 is 0. The predicted octanol–water partition coefficient (Wildman–Crippen LogP) is 4.59. The average Bonchev–Trinajstić information content (AvgIpc) is 2.55. The molecule has 1 aromatic carbocycles. The lowest BCUT2D eigenvalue weighted by molar-refractivity contribution is 0.438. The summed E-state index contributed by atoms with van der Waals surface area (Å²) in [5.41, 5.74) is 3.29. The Hall–Kier alpha value is -2.30. The van der Waals surface area contributed by atoms with Crippen molar-refractivity contribution in [1.82, 2.24) is 9.97 Å². The van der Waals surface area contributed by atoms with Crippen molar-refractivity contribution in [3.8, 4) is 0 Å². The standard InChI is InChI=1S/C20H29N5/c1-14(2)21-20-22-16(4)13-19(24-20)23-17-5-7-18(8-6-17)25-11-9-15(3)10-12-25/h5-8,13-15H,9-12H2,1-4H3,(H2,21,22,23,24). The summed E-state index contributed by atoms with van der Waals surface area (Å²) in [6.45, 7) is 10.8. The molecule has 5 nitrogen and oxygen atoms in total. The van der Waals surface area contributed by atoms with Gasteiger partial charge in [-0.15, -0.1) is 0 Å². The molecule has 0 bridgehead atoms. The maximum absolute atomic E-state index is 4.55. The molecule has 1 fully saturated rings. The third kappa shape index (κ3) is 4.84. The second-order valence-electron chi connectivity index (χ2n) is 7.36. The van der Waals surface area contributed by atoms with Crippen molar-refractivity contribution < 1.29 is 0 Å². The van der Waals surface area contributed by atoms with Crippen LogP contribution in [0, 0.1) is 12.8 Å². The molecular weight excluding hydrogens is 310 g/mol. The van der Waals surface area contributed by atoms with E-state index in [0.717, 1.165) is 36.2 Å². The van der Waals surface area contributed by atoms with Gasteiger partial charge in [0.05, 0.1) is 0 Å². The molecule has 1 saturated heterocycles. The molecule has 1 aliphatic rings. The highest BCUT2D eigenvalue weighted by Gasteiger charge is 2.15. The van der Waals surface area contributed by atoms with Crippen molar-refractivity contribution in [3.63, 3.8) is 0 Å². The summed E-state index contributed by atoms with van der Waals surface area (Å²) in [7, 11) is 0. The Bertz CT molecular complexity index is 688. The average molecular weight is 339 g/mol. The van der Waals surface area contributed by atoms with Crippen LogP contribution in [0.3, 0.4) is 0 Å². The van der Waals surface area contributed by atoms with Crippen LogP contribution in [-0.4, -0.2) is 29.1 Å². The Morgan fingerprint density at radius 3 is 2.40 bits per heavy atom. The second-order valence-corrected chi connectivity index (χ2v) is 7.36. The molecule has 1 aromatic heterocycles. The number of aromatic nitrogens is 2. The number of piperidine rings is 1. The molecule has 0 unspecified atom stereocenters. The number of nitrogens with one attached hydrogen (secondary N) is 2. The van der Waals surface area contributed by atoms with Gasteiger partial charge in [0.2, 0.25) is 5.95 Å². The van der Waals surface area contributed by atoms with E-state index in [9.17, 15) is 0 Å². The van der Waals surface area contributed by atoms with E-state index >= 15 is 0 Å². The maximum Gasteiger partial charge on any atom is 0.225 e. The number of anilines is 4. The lowest BCUT2D eigenvalue weighted by Crippen LogP contribution is -2.32. The van der Waals surface area contributed by atoms with Crippen molar-refractivity contribution in [2.75, 3.05) is 28.6 Å². The normalized spacial score (nSPS) is 15.5. The summed E-state index contributed by atoms with van der Waals surface area (Å²) in [4.78, 5) is 11.4. The number of hydrogen-bond donors (Lipinski definition) is 2. The van der Waals surface area contributed by atoms with Crippen molar-refractivity contribution in [3.05, 3.63) is 36.0 Å². The van der Waals surface area contributed by atoms with E-state index in [1.165, 1.54) is 18.5 Å². The van der Waals surface area contributed by atoms with E-state index in [1.807, 2.05) is 13.0 Å². The first-order valence-corrected chi connectivity index (χ1v) is 9.24. The molecule has 5 heteroatoms. The summed E-state index contributed by atoms with van der Waals surface area (Å²) in [6.07, 6.45) is 2.57. The zero-order valence-electron chi connectivity index (χ0n) is 15.7. The van der Waals surface area contributed by atoms with Crippen LogP contribution in [0.15, 0.2) is 30.3 Å². The maximum atomic E-state index is 4.55. The van der Waals surface area contributed by atoms with Gasteiger partial charge in [0.15, 0.2) is 0 Å². The van der Waals surface area contributed by atoms with E-state index in [2.05, 4.69) is 70.5 Å². The largest absolute Gasteiger partial charge is 0.372 e. The lowest BCUT2D eigenvalue weighted by Gasteiger charge is -2.32. The number of benzene rings is 1. The van der Waals surface area contributed by atoms with E-state index < -0.39 is 0 Å². The van der Waals surface area contributed by atoms with E-state index in [4.69, 9.17) is 0 Å². The Morgan fingerprint density at radius 2 is 1.76 bits per heavy atom. The van der Waals surface area contributed by atoms with Crippen molar-refractivity contribution in [2.24, 2.45) is 5.92 Å².